The molecule has 232 valence electrons. The van der Waals surface area contributed by atoms with Gasteiger partial charge < -0.3 is 0 Å². The second-order valence-corrected chi connectivity index (χ2v) is 12.4. The van der Waals surface area contributed by atoms with E-state index < -0.39 is 0 Å². The summed E-state index contributed by atoms with van der Waals surface area (Å²) in [6, 6.07) is 48.1. The minimum Gasteiger partial charge on any atom is -0.254 e. The van der Waals surface area contributed by atoms with E-state index in [1.807, 2.05) is 55.0 Å². The van der Waals surface area contributed by atoms with Gasteiger partial charge in [-0.05, 0) is 64.7 Å². The zero-order valence-corrected chi connectivity index (χ0v) is 26.7. The molecule has 5 aromatic carbocycles. The van der Waals surface area contributed by atoms with Crippen molar-refractivity contribution in [1.29, 1.82) is 0 Å². The predicted octanol–water partition coefficient (Wildman–Crippen LogP) is 10.5. The van der Waals surface area contributed by atoms with Gasteiger partial charge in [-0.3, -0.25) is 9.97 Å². The molecule has 5 heterocycles. The van der Waals surface area contributed by atoms with Crippen LogP contribution in [0, 0.1) is 0 Å². The molecule has 10 rings (SSSR count). The summed E-state index contributed by atoms with van der Waals surface area (Å²) < 4.78 is 0. The zero-order chi connectivity index (χ0) is 33.0. The lowest BCUT2D eigenvalue weighted by Crippen LogP contribution is -1.93. The largest absolute Gasteiger partial charge is 0.254 e. The Balaban J connectivity index is 0.976. The molecular weight excluding hydrogens is 613 g/mol. The molecule has 0 atom stereocenters. The Hall–Kier alpha value is -6.92. The number of nitrogens with zero attached hydrogens (tertiary/aromatic N) is 6. The summed E-state index contributed by atoms with van der Waals surface area (Å²) in [5.41, 5.74) is 11.7. The quantitative estimate of drug-likeness (QED) is 0.179. The van der Waals surface area contributed by atoms with E-state index in [1.54, 1.807) is 0 Å². The third-order valence-electron chi connectivity index (χ3n) is 9.41. The fourth-order valence-corrected chi connectivity index (χ4v) is 6.80. The molecule has 0 aliphatic carbocycles. The minimum atomic E-state index is 0.612. The predicted molar refractivity (Wildman–Crippen MR) is 202 cm³/mol. The monoisotopic (exact) mass is 638 g/mol. The molecule has 0 aliphatic heterocycles. The standard InChI is InChI=1S/C44H26N6/c1-2-6-37-34(4-1)26-47-44(50-37)39-20-17-30-12-14-33(25-41(30)49-39)38-19-16-29-11-13-32(24-40(29)48-38)27-7-9-28(10-8-27)35-21-23-46-43-36(35)18-15-31-5-3-22-45-42(31)43/h1-26H. The Morgan fingerprint density at radius 3 is 1.90 bits per heavy atom. The van der Waals surface area contributed by atoms with Gasteiger partial charge in [-0.15, -0.1) is 0 Å². The van der Waals surface area contributed by atoms with Gasteiger partial charge in [0.15, 0.2) is 5.82 Å². The maximum absolute atomic E-state index is 5.11. The van der Waals surface area contributed by atoms with Crippen molar-refractivity contribution in [2.75, 3.05) is 0 Å². The highest BCUT2D eigenvalue weighted by atomic mass is 14.9. The lowest BCUT2D eigenvalue weighted by Gasteiger charge is -2.10. The van der Waals surface area contributed by atoms with Crippen molar-refractivity contribution in [2.45, 2.75) is 0 Å². The fraction of sp³-hybridized carbons (Fsp3) is 0. The number of fused-ring (bicyclic) bond motifs is 6. The molecule has 6 nitrogen and oxygen atoms in total. The van der Waals surface area contributed by atoms with Crippen LogP contribution in [0.15, 0.2) is 158 Å². The summed E-state index contributed by atoms with van der Waals surface area (Å²) in [7, 11) is 0. The van der Waals surface area contributed by atoms with Crippen LogP contribution in [-0.2, 0) is 0 Å². The maximum atomic E-state index is 5.11. The lowest BCUT2D eigenvalue weighted by molar-refractivity contribution is 1.19. The number of benzene rings is 5. The molecule has 0 saturated heterocycles. The summed E-state index contributed by atoms with van der Waals surface area (Å²) in [6.07, 6.45) is 5.55. The number of rotatable bonds is 4. The van der Waals surface area contributed by atoms with E-state index in [0.717, 1.165) is 93.7 Å². The normalized spacial score (nSPS) is 11.6. The smallest absolute Gasteiger partial charge is 0.178 e. The second kappa shape index (κ2) is 11.4. The van der Waals surface area contributed by atoms with Crippen LogP contribution in [-0.4, -0.2) is 29.9 Å². The van der Waals surface area contributed by atoms with Crippen LogP contribution in [0.5, 0.6) is 0 Å². The summed E-state index contributed by atoms with van der Waals surface area (Å²) in [6.45, 7) is 0. The van der Waals surface area contributed by atoms with Crippen molar-refractivity contribution in [1.82, 2.24) is 29.9 Å². The van der Waals surface area contributed by atoms with Crippen LogP contribution in [0.25, 0.3) is 99.5 Å². The Morgan fingerprint density at radius 1 is 0.360 bits per heavy atom. The van der Waals surface area contributed by atoms with E-state index >= 15 is 0 Å². The molecule has 6 heteroatoms. The highest BCUT2D eigenvalue weighted by molar-refractivity contribution is 6.08. The van der Waals surface area contributed by atoms with Crippen molar-refractivity contribution in [3.8, 4) is 45.0 Å². The van der Waals surface area contributed by atoms with Gasteiger partial charge >= 0.3 is 0 Å². The molecule has 0 fully saturated rings. The Labute approximate surface area is 286 Å². The van der Waals surface area contributed by atoms with E-state index in [9.17, 15) is 0 Å². The summed E-state index contributed by atoms with van der Waals surface area (Å²) in [5, 5.41) is 5.33. The fourth-order valence-electron chi connectivity index (χ4n) is 6.80. The van der Waals surface area contributed by atoms with Gasteiger partial charge in [0.05, 0.1) is 33.3 Å². The van der Waals surface area contributed by atoms with Gasteiger partial charge in [-0.25, -0.2) is 19.9 Å². The average molecular weight is 639 g/mol. The van der Waals surface area contributed by atoms with E-state index in [4.69, 9.17) is 15.0 Å². The van der Waals surface area contributed by atoms with Crippen LogP contribution in [0.3, 0.4) is 0 Å². The van der Waals surface area contributed by atoms with Gasteiger partial charge in [-0.1, -0.05) is 97.1 Å². The molecule has 5 aromatic heterocycles. The van der Waals surface area contributed by atoms with E-state index in [-0.39, 0.29) is 0 Å². The van der Waals surface area contributed by atoms with Crippen LogP contribution in [0.2, 0.25) is 0 Å². The van der Waals surface area contributed by atoms with Crippen LogP contribution >= 0.6 is 0 Å². The van der Waals surface area contributed by atoms with Crippen molar-refractivity contribution in [3.63, 3.8) is 0 Å². The topological polar surface area (TPSA) is 77.3 Å². The average Bonchev–Trinajstić information content (AvgIpc) is 3.19. The second-order valence-electron chi connectivity index (χ2n) is 12.4. The Kier molecular flexibility index (Phi) is 6.39. The first-order valence-electron chi connectivity index (χ1n) is 16.5. The molecular formula is C44H26N6. The van der Waals surface area contributed by atoms with Gasteiger partial charge in [0.1, 0.15) is 5.69 Å². The van der Waals surface area contributed by atoms with Crippen LogP contribution < -0.4 is 0 Å². The summed E-state index contributed by atoms with van der Waals surface area (Å²) >= 11 is 0. The van der Waals surface area contributed by atoms with Crippen molar-refractivity contribution in [3.05, 3.63) is 158 Å². The number of hydrogen-bond acceptors (Lipinski definition) is 6. The van der Waals surface area contributed by atoms with Crippen LogP contribution in [0.1, 0.15) is 0 Å². The maximum Gasteiger partial charge on any atom is 0.178 e. The molecule has 0 radical (unpaired) electrons. The van der Waals surface area contributed by atoms with Gasteiger partial charge in [0.2, 0.25) is 0 Å². The van der Waals surface area contributed by atoms with Gasteiger partial charge in [-0.2, -0.15) is 0 Å². The summed E-state index contributed by atoms with van der Waals surface area (Å²) in [5.74, 6) is 0.612. The van der Waals surface area contributed by atoms with Crippen molar-refractivity contribution >= 4 is 54.5 Å². The zero-order valence-electron chi connectivity index (χ0n) is 26.7. The molecule has 50 heavy (non-hydrogen) atoms. The third kappa shape index (κ3) is 4.81. The minimum absolute atomic E-state index is 0.612. The molecule has 0 N–H and O–H groups in total. The van der Waals surface area contributed by atoms with E-state index in [1.165, 1.54) is 0 Å². The highest BCUT2D eigenvalue weighted by Gasteiger charge is 2.11. The Morgan fingerprint density at radius 2 is 1.02 bits per heavy atom. The molecule has 0 saturated carbocycles. The van der Waals surface area contributed by atoms with Crippen molar-refractivity contribution < 1.29 is 0 Å². The molecule has 0 bridgehead atoms. The molecule has 0 amide bonds. The number of para-hydroxylation sites is 1. The lowest BCUT2D eigenvalue weighted by atomic mass is 9.97. The van der Waals surface area contributed by atoms with Gasteiger partial charge in [0.25, 0.3) is 0 Å². The number of aromatic nitrogens is 6. The highest BCUT2D eigenvalue weighted by Crippen LogP contribution is 2.33. The van der Waals surface area contributed by atoms with Gasteiger partial charge in [0, 0.05) is 51.1 Å². The molecule has 10 aromatic rings. The Bertz CT molecular complexity index is 2940. The number of pyridine rings is 4. The van der Waals surface area contributed by atoms with E-state index in [2.05, 4.69) is 118 Å². The molecule has 0 spiro atoms. The first-order valence-corrected chi connectivity index (χ1v) is 16.5. The molecule has 0 unspecified atom stereocenters. The summed E-state index contributed by atoms with van der Waals surface area (Å²) in [4.78, 5) is 28.7. The first kappa shape index (κ1) is 28.1. The van der Waals surface area contributed by atoms with E-state index in [0.29, 0.717) is 5.82 Å². The third-order valence-corrected chi connectivity index (χ3v) is 9.41. The first-order chi connectivity index (χ1) is 24.7. The molecule has 0 aliphatic rings. The van der Waals surface area contributed by atoms with Crippen molar-refractivity contribution in [2.24, 2.45) is 0 Å². The van der Waals surface area contributed by atoms with Crippen LogP contribution in [0.4, 0.5) is 0 Å². The SMILES string of the molecule is c1ccc2nc(-c3ccc4ccc(-c5ccc6ccc(-c7ccc(-c8ccnc9c8ccc8cccnc89)cc7)cc6n5)cc4n3)ncc2c1. The number of hydrogen-bond donors (Lipinski definition) is 0.